The van der Waals surface area contributed by atoms with Crippen LogP contribution in [0, 0.1) is 0 Å². The first-order valence-electron chi connectivity index (χ1n) is 3.84. The van der Waals surface area contributed by atoms with Crippen molar-refractivity contribution < 1.29 is 4.79 Å². The molecule has 0 spiro atoms. The maximum Gasteiger partial charge on any atom is 0.246 e. The summed E-state index contributed by atoms with van der Waals surface area (Å²) >= 11 is 1.60. The Morgan fingerprint density at radius 2 is 2.25 bits per heavy atom. The highest BCUT2D eigenvalue weighted by Crippen LogP contribution is 2.09. The summed E-state index contributed by atoms with van der Waals surface area (Å²) < 4.78 is 0. The smallest absolute Gasteiger partial charge is 0.246 e. The molecule has 0 aliphatic carbocycles. The fourth-order valence-electron chi connectivity index (χ4n) is 0.605. The van der Waals surface area contributed by atoms with Gasteiger partial charge < -0.3 is 4.90 Å². The second kappa shape index (κ2) is 6.28. The van der Waals surface area contributed by atoms with E-state index in [1.165, 1.54) is 0 Å². The van der Waals surface area contributed by atoms with Crippen LogP contribution >= 0.6 is 11.8 Å². The normalized spacial score (nSPS) is 13.1. The van der Waals surface area contributed by atoms with Crippen molar-refractivity contribution in [1.82, 2.24) is 10.3 Å². The molecule has 72 valence electrons. The van der Waals surface area contributed by atoms with Crippen LogP contribution in [0.4, 0.5) is 0 Å². The van der Waals surface area contributed by atoms with Crippen LogP contribution in [-0.2, 0) is 4.79 Å². The van der Waals surface area contributed by atoms with E-state index in [1.807, 2.05) is 21.0 Å². The standard InChI is InChI=1S/C7H17N3OS/c1-6(7(11)9-8)12-5-4-10(2)3/h6H,4-5,8H2,1-3H3,(H,9,11). The molecule has 12 heavy (non-hydrogen) atoms. The first kappa shape index (κ1) is 11.7. The molecule has 0 saturated carbocycles. The van der Waals surface area contributed by atoms with Gasteiger partial charge in [-0.1, -0.05) is 0 Å². The molecule has 0 aromatic carbocycles. The molecular weight excluding hydrogens is 174 g/mol. The summed E-state index contributed by atoms with van der Waals surface area (Å²) in [6.45, 7) is 2.83. The van der Waals surface area contributed by atoms with E-state index in [4.69, 9.17) is 5.84 Å². The van der Waals surface area contributed by atoms with Gasteiger partial charge in [-0.05, 0) is 21.0 Å². The van der Waals surface area contributed by atoms with E-state index < -0.39 is 0 Å². The van der Waals surface area contributed by atoms with Gasteiger partial charge in [0, 0.05) is 12.3 Å². The van der Waals surface area contributed by atoms with Crippen molar-refractivity contribution in [3.63, 3.8) is 0 Å². The first-order chi connectivity index (χ1) is 5.57. The number of thioether (sulfide) groups is 1. The van der Waals surface area contributed by atoms with Crippen LogP contribution in [0.5, 0.6) is 0 Å². The minimum absolute atomic E-state index is 0.0602. The molecule has 0 saturated heterocycles. The van der Waals surface area contributed by atoms with Crippen LogP contribution in [0.1, 0.15) is 6.92 Å². The Labute approximate surface area is 77.8 Å². The number of nitrogens with zero attached hydrogens (tertiary/aromatic N) is 1. The number of nitrogens with one attached hydrogen (secondary N) is 1. The van der Waals surface area contributed by atoms with Crippen molar-refractivity contribution in [2.24, 2.45) is 5.84 Å². The van der Waals surface area contributed by atoms with Crippen LogP contribution in [0.25, 0.3) is 0 Å². The number of hydrogen-bond acceptors (Lipinski definition) is 4. The molecule has 0 bridgehead atoms. The van der Waals surface area contributed by atoms with Crippen molar-refractivity contribution in [3.05, 3.63) is 0 Å². The zero-order valence-corrected chi connectivity index (χ0v) is 8.65. The molecule has 0 aliphatic rings. The summed E-state index contributed by atoms with van der Waals surface area (Å²) in [5.41, 5.74) is 2.13. The Hall–Kier alpha value is -0.260. The van der Waals surface area contributed by atoms with E-state index in [-0.39, 0.29) is 11.2 Å². The van der Waals surface area contributed by atoms with Gasteiger partial charge in [-0.3, -0.25) is 10.2 Å². The number of carbonyl (C=O) groups is 1. The molecule has 0 heterocycles. The summed E-state index contributed by atoms with van der Waals surface area (Å²) in [6, 6.07) is 0. The molecule has 0 rings (SSSR count). The maximum atomic E-state index is 10.9. The Balaban J connectivity index is 3.43. The average molecular weight is 191 g/mol. The molecule has 1 unspecified atom stereocenters. The average Bonchev–Trinajstić information content (AvgIpc) is 2.02. The Kier molecular flexibility index (Phi) is 6.14. The summed E-state index contributed by atoms with van der Waals surface area (Å²) in [6.07, 6.45) is 0. The molecule has 1 atom stereocenters. The van der Waals surface area contributed by atoms with Crippen molar-refractivity contribution in [3.8, 4) is 0 Å². The minimum Gasteiger partial charge on any atom is -0.309 e. The Morgan fingerprint density at radius 3 is 2.67 bits per heavy atom. The van der Waals surface area contributed by atoms with Crippen molar-refractivity contribution >= 4 is 17.7 Å². The lowest BCUT2D eigenvalue weighted by Crippen LogP contribution is -2.36. The third-order valence-electron chi connectivity index (χ3n) is 1.42. The van der Waals surface area contributed by atoms with Crippen molar-refractivity contribution in [2.75, 3.05) is 26.4 Å². The molecule has 0 aromatic rings. The van der Waals surface area contributed by atoms with Gasteiger partial charge in [-0.2, -0.15) is 0 Å². The second-order valence-corrected chi connectivity index (χ2v) is 4.27. The topological polar surface area (TPSA) is 58.4 Å². The molecule has 3 N–H and O–H groups in total. The minimum atomic E-state index is -0.112. The van der Waals surface area contributed by atoms with Crippen molar-refractivity contribution in [1.29, 1.82) is 0 Å². The maximum absolute atomic E-state index is 10.9. The summed E-state index contributed by atoms with van der Waals surface area (Å²) in [5.74, 6) is 5.81. The van der Waals surface area contributed by atoms with Gasteiger partial charge in [-0.25, -0.2) is 5.84 Å². The molecule has 0 aliphatic heterocycles. The zero-order chi connectivity index (χ0) is 9.56. The molecule has 0 aromatic heterocycles. The van der Waals surface area contributed by atoms with Gasteiger partial charge >= 0.3 is 0 Å². The van der Waals surface area contributed by atoms with Gasteiger partial charge in [0.25, 0.3) is 0 Å². The summed E-state index contributed by atoms with van der Waals surface area (Å²) in [5, 5.41) is -0.0602. The van der Waals surface area contributed by atoms with Crippen molar-refractivity contribution in [2.45, 2.75) is 12.2 Å². The lowest BCUT2D eigenvalue weighted by molar-refractivity contribution is -0.120. The summed E-state index contributed by atoms with van der Waals surface area (Å²) in [7, 11) is 4.02. The Bertz CT molecular complexity index is 141. The Morgan fingerprint density at radius 1 is 1.67 bits per heavy atom. The SMILES string of the molecule is CC(SCCN(C)C)C(=O)NN. The van der Waals surface area contributed by atoms with E-state index in [2.05, 4.69) is 10.3 Å². The van der Waals surface area contributed by atoms with Crippen LogP contribution < -0.4 is 11.3 Å². The largest absolute Gasteiger partial charge is 0.309 e. The fraction of sp³-hybridized carbons (Fsp3) is 0.857. The quantitative estimate of drug-likeness (QED) is 0.354. The first-order valence-corrected chi connectivity index (χ1v) is 4.89. The van der Waals surface area contributed by atoms with E-state index in [1.54, 1.807) is 11.8 Å². The lowest BCUT2D eigenvalue weighted by atomic mass is 10.5. The van der Waals surface area contributed by atoms with Gasteiger partial charge in [0.1, 0.15) is 0 Å². The highest BCUT2D eigenvalue weighted by atomic mass is 32.2. The van der Waals surface area contributed by atoms with Gasteiger partial charge in [0.2, 0.25) is 5.91 Å². The number of rotatable bonds is 5. The van der Waals surface area contributed by atoms with Crippen LogP contribution in [0.15, 0.2) is 0 Å². The molecule has 5 heteroatoms. The molecule has 0 radical (unpaired) electrons. The van der Waals surface area contributed by atoms with E-state index in [0.29, 0.717) is 0 Å². The third-order valence-corrected chi connectivity index (χ3v) is 2.55. The monoisotopic (exact) mass is 191 g/mol. The second-order valence-electron chi connectivity index (χ2n) is 2.82. The number of carbonyl (C=O) groups excluding carboxylic acids is 1. The number of amides is 1. The van der Waals surface area contributed by atoms with E-state index in [0.717, 1.165) is 12.3 Å². The molecule has 4 nitrogen and oxygen atoms in total. The zero-order valence-electron chi connectivity index (χ0n) is 7.83. The highest BCUT2D eigenvalue weighted by Gasteiger charge is 2.10. The van der Waals surface area contributed by atoms with E-state index >= 15 is 0 Å². The number of nitrogens with two attached hydrogens (primary N) is 1. The number of hydrogen-bond donors (Lipinski definition) is 2. The molecule has 0 fully saturated rings. The highest BCUT2D eigenvalue weighted by molar-refractivity contribution is 8.00. The lowest BCUT2D eigenvalue weighted by Gasteiger charge is -2.12. The predicted molar refractivity (Wildman–Crippen MR) is 52.8 cm³/mol. The van der Waals surface area contributed by atoms with Crippen LogP contribution in [-0.4, -0.2) is 42.4 Å². The van der Waals surface area contributed by atoms with Crippen LogP contribution in [0.2, 0.25) is 0 Å². The van der Waals surface area contributed by atoms with Crippen LogP contribution in [0.3, 0.4) is 0 Å². The molecular formula is C7H17N3OS. The number of hydrazine groups is 1. The van der Waals surface area contributed by atoms with E-state index in [9.17, 15) is 4.79 Å². The fourth-order valence-corrected chi connectivity index (χ4v) is 1.65. The third kappa shape index (κ3) is 5.40. The predicted octanol–water partition coefficient (Wildman–Crippen LogP) is -0.340. The summed E-state index contributed by atoms with van der Waals surface area (Å²) in [4.78, 5) is 13.0. The van der Waals surface area contributed by atoms with Gasteiger partial charge in [0.15, 0.2) is 0 Å². The molecule has 1 amide bonds. The van der Waals surface area contributed by atoms with Gasteiger partial charge in [-0.15, -0.1) is 11.8 Å². The van der Waals surface area contributed by atoms with Gasteiger partial charge in [0.05, 0.1) is 5.25 Å².